The van der Waals surface area contributed by atoms with E-state index in [0.29, 0.717) is 6.54 Å². The van der Waals surface area contributed by atoms with Crippen molar-refractivity contribution in [2.75, 3.05) is 6.54 Å². The number of carbonyl (C=O) groups is 1. The molecule has 13 heavy (non-hydrogen) atoms. The molecule has 1 unspecified atom stereocenters. The summed E-state index contributed by atoms with van der Waals surface area (Å²) >= 11 is 0. The molecule has 0 aliphatic carbocycles. The summed E-state index contributed by atoms with van der Waals surface area (Å²) in [4.78, 5) is 12.6. The minimum absolute atomic E-state index is 0.0158. The van der Waals surface area contributed by atoms with Gasteiger partial charge in [-0.1, -0.05) is 20.8 Å². The van der Waals surface area contributed by atoms with Gasteiger partial charge in [-0.2, -0.15) is 0 Å². The third-order valence-electron chi connectivity index (χ3n) is 3.49. The minimum Gasteiger partial charge on any atom is -0.465 e. The third kappa shape index (κ3) is 1.52. The SMILES string of the molecule is CC(C)(C)C1(C)CCCN1C(=O)O. The second-order valence-corrected chi connectivity index (χ2v) is 5.06. The van der Waals surface area contributed by atoms with Crippen molar-refractivity contribution in [3.05, 3.63) is 0 Å². The van der Waals surface area contributed by atoms with Gasteiger partial charge in [-0.05, 0) is 25.2 Å². The standard InChI is InChI=1S/C10H19NO2/c1-9(2,3)10(4)6-5-7-11(10)8(12)13/h5-7H2,1-4H3,(H,12,13). The maximum atomic E-state index is 11.0. The van der Waals surface area contributed by atoms with Crippen molar-refractivity contribution >= 4 is 6.09 Å². The molecule has 1 saturated heterocycles. The first-order chi connectivity index (χ1) is 5.79. The van der Waals surface area contributed by atoms with Gasteiger partial charge in [0.2, 0.25) is 0 Å². The maximum absolute atomic E-state index is 11.0. The van der Waals surface area contributed by atoms with Gasteiger partial charge in [-0.3, -0.25) is 0 Å². The van der Waals surface area contributed by atoms with E-state index >= 15 is 0 Å². The first-order valence-electron chi connectivity index (χ1n) is 4.79. The Kier molecular flexibility index (Phi) is 2.30. The molecule has 0 aromatic carbocycles. The molecule has 0 bridgehead atoms. The smallest absolute Gasteiger partial charge is 0.407 e. The number of carboxylic acid groups (broad SMARTS) is 1. The van der Waals surface area contributed by atoms with Crippen molar-refractivity contribution in [3.8, 4) is 0 Å². The quantitative estimate of drug-likeness (QED) is 0.630. The second kappa shape index (κ2) is 2.89. The van der Waals surface area contributed by atoms with Gasteiger partial charge in [0, 0.05) is 12.1 Å². The first kappa shape index (κ1) is 10.4. The maximum Gasteiger partial charge on any atom is 0.407 e. The zero-order valence-corrected chi connectivity index (χ0v) is 8.92. The summed E-state index contributed by atoms with van der Waals surface area (Å²) in [5, 5.41) is 9.04. The van der Waals surface area contributed by atoms with E-state index in [1.165, 1.54) is 0 Å². The molecule has 0 aromatic heterocycles. The second-order valence-electron chi connectivity index (χ2n) is 5.06. The fourth-order valence-corrected chi connectivity index (χ4v) is 2.05. The van der Waals surface area contributed by atoms with Gasteiger partial charge >= 0.3 is 6.09 Å². The van der Waals surface area contributed by atoms with Crippen LogP contribution in [0.2, 0.25) is 0 Å². The van der Waals surface area contributed by atoms with Gasteiger partial charge in [0.15, 0.2) is 0 Å². The molecule has 76 valence electrons. The predicted octanol–water partition coefficient (Wildman–Crippen LogP) is 2.57. The van der Waals surface area contributed by atoms with Crippen LogP contribution in [0.25, 0.3) is 0 Å². The highest BCUT2D eigenvalue weighted by Crippen LogP contribution is 2.43. The molecule has 3 heteroatoms. The molecule has 3 nitrogen and oxygen atoms in total. The molecule has 1 fully saturated rings. The van der Waals surface area contributed by atoms with Gasteiger partial charge in [0.1, 0.15) is 0 Å². The highest BCUT2D eigenvalue weighted by molar-refractivity contribution is 5.66. The minimum atomic E-state index is -0.782. The Labute approximate surface area is 79.7 Å². The Morgan fingerprint density at radius 2 is 2.00 bits per heavy atom. The van der Waals surface area contributed by atoms with Crippen molar-refractivity contribution in [3.63, 3.8) is 0 Å². The van der Waals surface area contributed by atoms with Crippen molar-refractivity contribution in [1.29, 1.82) is 0 Å². The molecule has 1 heterocycles. The van der Waals surface area contributed by atoms with Crippen LogP contribution in [0, 0.1) is 5.41 Å². The van der Waals surface area contributed by atoms with E-state index in [4.69, 9.17) is 5.11 Å². The fraction of sp³-hybridized carbons (Fsp3) is 0.900. The lowest BCUT2D eigenvalue weighted by Crippen LogP contribution is -2.52. The van der Waals surface area contributed by atoms with Gasteiger partial charge in [-0.15, -0.1) is 0 Å². The van der Waals surface area contributed by atoms with Gasteiger partial charge in [-0.25, -0.2) is 4.79 Å². The summed E-state index contributed by atoms with van der Waals surface area (Å²) in [6, 6.07) is 0. The number of likely N-dealkylation sites (tertiary alicyclic amines) is 1. The zero-order valence-electron chi connectivity index (χ0n) is 8.92. The summed E-state index contributed by atoms with van der Waals surface area (Å²) < 4.78 is 0. The number of nitrogens with zero attached hydrogens (tertiary/aromatic N) is 1. The molecule has 1 amide bonds. The summed E-state index contributed by atoms with van der Waals surface area (Å²) in [6.07, 6.45) is 1.18. The Hall–Kier alpha value is -0.730. The van der Waals surface area contributed by atoms with E-state index in [0.717, 1.165) is 12.8 Å². The van der Waals surface area contributed by atoms with Crippen LogP contribution in [0.15, 0.2) is 0 Å². The van der Waals surface area contributed by atoms with Gasteiger partial charge in [0.05, 0.1) is 0 Å². The largest absolute Gasteiger partial charge is 0.465 e. The van der Waals surface area contributed by atoms with Crippen LogP contribution in [-0.2, 0) is 0 Å². The monoisotopic (exact) mass is 185 g/mol. The van der Waals surface area contributed by atoms with E-state index in [1.807, 2.05) is 6.92 Å². The van der Waals surface area contributed by atoms with Crippen LogP contribution in [0.4, 0.5) is 4.79 Å². The molecule has 0 aromatic rings. The molecule has 1 N–H and O–H groups in total. The van der Waals surface area contributed by atoms with E-state index < -0.39 is 6.09 Å². The van der Waals surface area contributed by atoms with Crippen LogP contribution in [0.5, 0.6) is 0 Å². The molecule has 0 saturated carbocycles. The number of hydrogen-bond acceptors (Lipinski definition) is 1. The lowest BCUT2D eigenvalue weighted by atomic mass is 9.73. The van der Waals surface area contributed by atoms with E-state index in [-0.39, 0.29) is 11.0 Å². The number of hydrogen-bond donors (Lipinski definition) is 1. The van der Waals surface area contributed by atoms with Crippen molar-refractivity contribution < 1.29 is 9.90 Å². The van der Waals surface area contributed by atoms with Gasteiger partial charge < -0.3 is 10.0 Å². The van der Waals surface area contributed by atoms with E-state index in [1.54, 1.807) is 4.90 Å². The van der Waals surface area contributed by atoms with Crippen LogP contribution in [-0.4, -0.2) is 28.2 Å². The Balaban J connectivity index is 2.95. The van der Waals surface area contributed by atoms with E-state index in [9.17, 15) is 4.79 Å². The molecule has 1 aliphatic rings. The zero-order chi connectivity index (χ0) is 10.3. The fourth-order valence-electron chi connectivity index (χ4n) is 2.05. The lowest BCUT2D eigenvalue weighted by Gasteiger charge is -2.44. The first-order valence-corrected chi connectivity index (χ1v) is 4.79. The molecule has 0 radical (unpaired) electrons. The Bertz CT molecular complexity index is 219. The van der Waals surface area contributed by atoms with Crippen molar-refractivity contribution in [1.82, 2.24) is 4.90 Å². The summed E-state index contributed by atoms with van der Waals surface area (Å²) in [5.41, 5.74) is -0.180. The third-order valence-corrected chi connectivity index (χ3v) is 3.49. The lowest BCUT2D eigenvalue weighted by molar-refractivity contribution is 0.0444. The van der Waals surface area contributed by atoms with Crippen LogP contribution < -0.4 is 0 Å². The molecule has 1 aliphatic heterocycles. The average molecular weight is 185 g/mol. The van der Waals surface area contributed by atoms with Crippen LogP contribution in [0.3, 0.4) is 0 Å². The number of amides is 1. The molecule has 1 rings (SSSR count). The van der Waals surface area contributed by atoms with E-state index in [2.05, 4.69) is 20.8 Å². The molecular formula is C10H19NO2. The van der Waals surface area contributed by atoms with Crippen molar-refractivity contribution in [2.45, 2.75) is 46.1 Å². The Morgan fingerprint density at radius 3 is 2.31 bits per heavy atom. The average Bonchev–Trinajstić information content (AvgIpc) is 2.30. The molecular weight excluding hydrogens is 166 g/mol. The number of rotatable bonds is 0. The molecule has 1 atom stereocenters. The van der Waals surface area contributed by atoms with Gasteiger partial charge in [0.25, 0.3) is 0 Å². The topological polar surface area (TPSA) is 40.5 Å². The van der Waals surface area contributed by atoms with Crippen LogP contribution >= 0.6 is 0 Å². The highest BCUT2D eigenvalue weighted by atomic mass is 16.4. The Morgan fingerprint density at radius 1 is 1.46 bits per heavy atom. The molecule has 0 spiro atoms. The summed E-state index contributed by atoms with van der Waals surface area (Å²) in [7, 11) is 0. The van der Waals surface area contributed by atoms with Crippen molar-refractivity contribution in [2.24, 2.45) is 5.41 Å². The summed E-state index contributed by atoms with van der Waals surface area (Å²) in [6.45, 7) is 9.05. The summed E-state index contributed by atoms with van der Waals surface area (Å²) in [5.74, 6) is 0. The highest BCUT2D eigenvalue weighted by Gasteiger charge is 2.47. The normalized spacial score (nSPS) is 29.4. The van der Waals surface area contributed by atoms with Crippen LogP contribution in [0.1, 0.15) is 40.5 Å². The predicted molar refractivity (Wildman–Crippen MR) is 51.8 cm³/mol.